The molecule has 0 aliphatic carbocycles. The number of methoxy groups -OCH3 is 3. The largest absolute Gasteiger partial charge is 0.495 e. The van der Waals surface area contributed by atoms with Gasteiger partial charge in [-0.2, -0.15) is 0 Å². The summed E-state index contributed by atoms with van der Waals surface area (Å²) in [5.74, 6) is 2.01. The Kier molecular flexibility index (Phi) is 6.73. The van der Waals surface area contributed by atoms with Crippen molar-refractivity contribution in [3.8, 4) is 17.2 Å². The molecule has 25 heavy (non-hydrogen) atoms. The standard InChI is InChI=1S/C18H21ClN2O3S/c1-11(12-5-7-16(23-3)17(9-12)24-4)20-18(25)21-14-10-13(19)6-8-15(14)22-2/h5-11H,1-4H3,(H2,20,21,25). The zero-order valence-electron chi connectivity index (χ0n) is 14.6. The molecule has 0 spiro atoms. The van der Waals surface area contributed by atoms with Crippen LogP contribution in [0.15, 0.2) is 36.4 Å². The van der Waals surface area contributed by atoms with Gasteiger partial charge in [0.2, 0.25) is 0 Å². The number of rotatable bonds is 6. The smallest absolute Gasteiger partial charge is 0.171 e. The second kappa shape index (κ2) is 8.78. The van der Waals surface area contributed by atoms with Gasteiger partial charge in [0.05, 0.1) is 33.1 Å². The van der Waals surface area contributed by atoms with Crippen molar-refractivity contribution in [2.75, 3.05) is 26.6 Å². The van der Waals surface area contributed by atoms with E-state index >= 15 is 0 Å². The summed E-state index contributed by atoms with van der Waals surface area (Å²) in [7, 11) is 4.81. The average Bonchev–Trinajstić information content (AvgIpc) is 2.61. The van der Waals surface area contributed by atoms with E-state index in [2.05, 4.69) is 10.6 Å². The maximum absolute atomic E-state index is 6.04. The maximum Gasteiger partial charge on any atom is 0.171 e. The van der Waals surface area contributed by atoms with E-state index < -0.39 is 0 Å². The van der Waals surface area contributed by atoms with Crippen molar-refractivity contribution < 1.29 is 14.2 Å². The fourth-order valence-corrected chi connectivity index (χ4v) is 2.80. The summed E-state index contributed by atoms with van der Waals surface area (Å²) < 4.78 is 15.9. The number of thiocarbonyl (C=S) groups is 1. The minimum absolute atomic E-state index is 0.0371. The van der Waals surface area contributed by atoms with Crippen molar-refractivity contribution in [2.45, 2.75) is 13.0 Å². The van der Waals surface area contributed by atoms with Gasteiger partial charge < -0.3 is 24.8 Å². The molecular formula is C18H21ClN2O3S. The van der Waals surface area contributed by atoms with Gasteiger partial charge in [0.25, 0.3) is 0 Å². The lowest BCUT2D eigenvalue weighted by molar-refractivity contribution is 0.354. The van der Waals surface area contributed by atoms with Crippen LogP contribution < -0.4 is 24.8 Å². The van der Waals surface area contributed by atoms with Crippen molar-refractivity contribution in [3.63, 3.8) is 0 Å². The molecule has 0 bridgehead atoms. The lowest BCUT2D eigenvalue weighted by Crippen LogP contribution is -2.31. The first-order valence-electron chi connectivity index (χ1n) is 7.61. The Hall–Kier alpha value is -2.18. The van der Waals surface area contributed by atoms with Crippen molar-refractivity contribution in [1.29, 1.82) is 0 Å². The fourth-order valence-electron chi connectivity index (χ4n) is 2.34. The first kappa shape index (κ1) is 19.1. The normalized spacial score (nSPS) is 11.4. The van der Waals surface area contributed by atoms with Gasteiger partial charge in [-0.15, -0.1) is 0 Å². The molecule has 0 aromatic heterocycles. The Labute approximate surface area is 158 Å². The van der Waals surface area contributed by atoms with E-state index in [0.717, 1.165) is 5.56 Å². The molecule has 2 N–H and O–H groups in total. The van der Waals surface area contributed by atoms with Crippen molar-refractivity contribution in [1.82, 2.24) is 5.32 Å². The SMILES string of the molecule is COc1ccc(Cl)cc1NC(=S)NC(C)c1ccc(OC)c(OC)c1. The average molecular weight is 381 g/mol. The van der Waals surface area contributed by atoms with Gasteiger partial charge in [-0.25, -0.2) is 0 Å². The van der Waals surface area contributed by atoms with Crippen LogP contribution in [0.1, 0.15) is 18.5 Å². The molecule has 0 amide bonds. The molecule has 0 heterocycles. The summed E-state index contributed by atoms with van der Waals surface area (Å²) >= 11 is 11.4. The number of ether oxygens (including phenoxy) is 3. The van der Waals surface area contributed by atoms with Crippen LogP contribution in [0.3, 0.4) is 0 Å². The lowest BCUT2D eigenvalue weighted by atomic mass is 10.1. The quantitative estimate of drug-likeness (QED) is 0.724. The first-order valence-corrected chi connectivity index (χ1v) is 8.40. The van der Waals surface area contributed by atoms with E-state index in [1.54, 1.807) is 39.5 Å². The molecule has 0 radical (unpaired) electrons. The van der Waals surface area contributed by atoms with Crippen LogP contribution in [0.2, 0.25) is 5.02 Å². The predicted octanol–water partition coefficient (Wildman–Crippen LogP) is 4.41. The minimum atomic E-state index is -0.0371. The van der Waals surface area contributed by atoms with E-state index in [9.17, 15) is 0 Å². The van der Waals surface area contributed by atoms with E-state index in [-0.39, 0.29) is 6.04 Å². The van der Waals surface area contributed by atoms with E-state index in [1.165, 1.54) is 0 Å². The monoisotopic (exact) mass is 380 g/mol. The minimum Gasteiger partial charge on any atom is -0.495 e. The molecule has 1 unspecified atom stereocenters. The number of anilines is 1. The summed E-state index contributed by atoms with van der Waals surface area (Å²) in [5.41, 5.74) is 1.71. The third kappa shape index (κ3) is 4.90. The Morgan fingerprint density at radius 1 is 0.960 bits per heavy atom. The molecule has 1 atom stereocenters. The van der Waals surface area contributed by atoms with Gasteiger partial charge in [0.15, 0.2) is 16.6 Å². The third-order valence-electron chi connectivity index (χ3n) is 3.66. The lowest BCUT2D eigenvalue weighted by Gasteiger charge is -2.19. The first-order chi connectivity index (χ1) is 12.0. The zero-order valence-corrected chi connectivity index (χ0v) is 16.1. The molecule has 0 fully saturated rings. The molecule has 5 nitrogen and oxygen atoms in total. The Morgan fingerprint density at radius 3 is 2.24 bits per heavy atom. The summed E-state index contributed by atoms with van der Waals surface area (Å²) in [6.45, 7) is 2.00. The van der Waals surface area contributed by atoms with Gasteiger partial charge in [0, 0.05) is 5.02 Å². The summed E-state index contributed by atoms with van der Waals surface area (Å²) in [4.78, 5) is 0. The predicted molar refractivity (Wildman–Crippen MR) is 105 cm³/mol. The molecule has 2 aromatic carbocycles. The van der Waals surface area contributed by atoms with Gasteiger partial charge in [0.1, 0.15) is 5.75 Å². The summed E-state index contributed by atoms with van der Waals surface area (Å²) in [6.07, 6.45) is 0. The maximum atomic E-state index is 6.04. The molecule has 0 saturated carbocycles. The molecule has 0 saturated heterocycles. The van der Waals surface area contributed by atoms with Crippen LogP contribution >= 0.6 is 23.8 Å². The topological polar surface area (TPSA) is 51.8 Å². The molecule has 7 heteroatoms. The van der Waals surface area contributed by atoms with Gasteiger partial charge in [-0.1, -0.05) is 17.7 Å². The van der Waals surface area contributed by atoms with Crippen molar-refractivity contribution in [3.05, 3.63) is 47.0 Å². The summed E-state index contributed by atoms with van der Waals surface area (Å²) in [6, 6.07) is 11.0. The molecule has 0 aliphatic rings. The van der Waals surface area contributed by atoms with E-state index in [4.69, 9.17) is 38.0 Å². The van der Waals surface area contributed by atoms with E-state index in [1.807, 2.05) is 25.1 Å². The van der Waals surface area contributed by atoms with Crippen molar-refractivity contribution >= 4 is 34.6 Å². The number of hydrogen-bond acceptors (Lipinski definition) is 4. The van der Waals surface area contributed by atoms with Crippen LogP contribution in [-0.2, 0) is 0 Å². The van der Waals surface area contributed by atoms with Gasteiger partial charge >= 0.3 is 0 Å². The number of halogens is 1. The van der Waals surface area contributed by atoms with Crippen LogP contribution in [0.25, 0.3) is 0 Å². The molecule has 2 aromatic rings. The van der Waals surface area contributed by atoms with Crippen LogP contribution in [0, 0.1) is 0 Å². The highest BCUT2D eigenvalue weighted by Crippen LogP contribution is 2.30. The number of nitrogens with one attached hydrogen (secondary N) is 2. The fraction of sp³-hybridized carbons (Fsp3) is 0.278. The van der Waals surface area contributed by atoms with Gasteiger partial charge in [-0.3, -0.25) is 0 Å². The highest BCUT2D eigenvalue weighted by atomic mass is 35.5. The van der Waals surface area contributed by atoms with Gasteiger partial charge in [-0.05, 0) is 55.0 Å². The molecular weight excluding hydrogens is 360 g/mol. The second-order valence-electron chi connectivity index (χ2n) is 5.28. The van der Waals surface area contributed by atoms with Crippen LogP contribution in [0.4, 0.5) is 5.69 Å². The Morgan fingerprint density at radius 2 is 1.60 bits per heavy atom. The van der Waals surface area contributed by atoms with Crippen LogP contribution in [0.5, 0.6) is 17.2 Å². The second-order valence-corrected chi connectivity index (χ2v) is 6.12. The third-order valence-corrected chi connectivity index (χ3v) is 4.12. The highest BCUT2D eigenvalue weighted by molar-refractivity contribution is 7.80. The zero-order chi connectivity index (χ0) is 18.4. The highest BCUT2D eigenvalue weighted by Gasteiger charge is 2.12. The number of benzene rings is 2. The Bertz CT molecular complexity index is 755. The van der Waals surface area contributed by atoms with Crippen molar-refractivity contribution in [2.24, 2.45) is 0 Å². The summed E-state index contributed by atoms with van der Waals surface area (Å²) in [5, 5.41) is 7.40. The Balaban J connectivity index is 2.09. The van der Waals surface area contributed by atoms with E-state index in [0.29, 0.717) is 33.1 Å². The molecule has 134 valence electrons. The molecule has 2 rings (SSSR count). The molecule has 0 aliphatic heterocycles. The van der Waals surface area contributed by atoms with Crippen LogP contribution in [-0.4, -0.2) is 26.4 Å². The number of hydrogen-bond donors (Lipinski definition) is 2.